The van der Waals surface area contributed by atoms with E-state index in [1.807, 2.05) is 114 Å². The van der Waals surface area contributed by atoms with Crippen LogP contribution in [0.2, 0.25) is 0 Å². The number of nitrogens with zero attached hydrogens (tertiary/aromatic N) is 4. The van der Waals surface area contributed by atoms with Gasteiger partial charge in [-0.2, -0.15) is 0 Å². The molecule has 12 rings (SSSR count). The van der Waals surface area contributed by atoms with Gasteiger partial charge in [-0.25, -0.2) is 4.98 Å². The van der Waals surface area contributed by atoms with Crippen LogP contribution < -0.4 is 14.5 Å². The quantitative estimate of drug-likeness (QED) is 0.152. The van der Waals surface area contributed by atoms with E-state index in [0.29, 0.717) is 61.5 Å². The fraction of sp³-hybridized carbons (Fsp3) is 0.321. The molecule has 1 aliphatic heterocycles. The summed E-state index contributed by atoms with van der Waals surface area (Å²) >= 11 is 0. The normalized spacial score (nSPS) is 17.1. The molecule has 0 unspecified atom stereocenters. The van der Waals surface area contributed by atoms with E-state index in [1.165, 1.54) is 11.1 Å². The molecule has 3 heterocycles. The van der Waals surface area contributed by atoms with Crippen molar-refractivity contribution in [1.82, 2.24) is 9.55 Å². The van der Waals surface area contributed by atoms with Gasteiger partial charge in [-0.3, -0.25) is 4.57 Å². The van der Waals surface area contributed by atoms with Gasteiger partial charge in [0, 0.05) is 45.9 Å². The number of hydrogen-bond acceptors (Lipinski definition) is 4. The summed E-state index contributed by atoms with van der Waals surface area (Å²) in [4.78, 5) is 9.20. The molecule has 0 saturated carbocycles. The molecule has 1 aliphatic carbocycles. The van der Waals surface area contributed by atoms with Crippen LogP contribution in [0.25, 0.3) is 61.0 Å². The lowest BCUT2D eigenvalue weighted by Crippen LogP contribution is -2.33. The molecule has 2 aliphatic rings. The second-order valence-corrected chi connectivity index (χ2v) is 28.4. The van der Waals surface area contributed by atoms with Gasteiger partial charge in [0.05, 0.1) is 43.2 Å². The molecule has 0 spiro atoms. The lowest BCUT2D eigenvalue weighted by molar-refractivity contribution is 0.332. The molecule has 0 amide bonds. The molecular weight excluding hydrogens is 1010 g/mol. The second kappa shape index (κ2) is 19.9. The van der Waals surface area contributed by atoms with Crippen LogP contribution >= 0.6 is 0 Å². The van der Waals surface area contributed by atoms with Crippen LogP contribution in [0.1, 0.15) is 172 Å². The zero-order chi connectivity index (χ0) is 68.3. The fourth-order valence-electron chi connectivity index (χ4n) is 11.9. The van der Waals surface area contributed by atoms with Gasteiger partial charge in [-0.1, -0.05) is 208 Å². The minimum Gasteiger partial charge on any atom is -0.457 e. The minimum absolute atomic E-state index is 0.0196. The number of para-hydroxylation sites is 3. The average molecular weight is 1100 g/mol. The number of aromatic nitrogens is 2. The highest BCUT2D eigenvalue weighted by Crippen LogP contribution is 2.54. The lowest BCUT2D eigenvalue weighted by atomic mass is 9.63. The molecule has 0 bridgehead atoms. The van der Waals surface area contributed by atoms with Crippen molar-refractivity contribution in [3.8, 4) is 50.7 Å². The van der Waals surface area contributed by atoms with Crippen LogP contribution in [-0.4, -0.2) is 16.2 Å². The summed E-state index contributed by atoms with van der Waals surface area (Å²) in [5.41, 5.74) is 9.08. The van der Waals surface area contributed by atoms with Gasteiger partial charge in [0.2, 0.25) is 0 Å². The van der Waals surface area contributed by atoms with Crippen molar-refractivity contribution < 1.29 is 19.8 Å². The van der Waals surface area contributed by atoms with Gasteiger partial charge in [-0.05, 0) is 168 Å². The number of pyridine rings is 1. The number of ether oxygens (including phenoxy) is 1. The van der Waals surface area contributed by atoms with Gasteiger partial charge < -0.3 is 14.5 Å². The molecule has 2 aromatic heterocycles. The Morgan fingerprint density at radius 1 is 0.470 bits per heavy atom. The van der Waals surface area contributed by atoms with Gasteiger partial charge in [0.25, 0.3) is 0 Å². The Hall–Kier alpha value is -7.89. The van der Waals surface area contributed by atoms with Crippen molar-refractivity contribution in [2.24, 2.45) is 0 Å². The number of rotatable bonds is 8. The third-order valence-electron chi connectivity index (χ3n) is 17.1. The van der Waals surface area contributed by atoms with Crippen molar-refractivity contribution in [3.05, 3.63) is 215 Å². The summed E-state index contributed by atoms with van der Waals surface area (Å²) in [5.74, 6) is 1.49. The highest BCUT2D eigenvalue weighted by Gasteiger charge is 2.39. The molecule has 0 saturated heterocycles. The Kier molecular flexibility index (Phi) is 10.5. The molecule has 83 heavy (non-hydrogen) atoms. The molecule has 5 heteroatoms. The Morgan fingerprint density at radius 2 is 1.07 bits per heavy atom. The topological polar surface area (TPSA) is 33.5 Å². The first-order chi connectivity index (χ1) is 43.7. The summed E-state index contributed by atoms with van der Waals surface area (Å²) in [5, 5.41) is 1.00. The average Bonchev–Trinajstić information content (AvgIpc) is 1.29. The van der Waals surface area contributed by atoms with Crippen molar-refractivity contribution in [2.75, 3.05) is 16.5 Å². The maximum absolute atomic E-state index is 10.3. The molecule has 8 aromatic carbocycles. The van der Waals surface area contributed by atoms with E-state index < -0.39 is 16.2 Å². The first-order valence-corrected chi connectivity index (χ1v) is 29.3. The van der Waals surface area contributed by atoms with Crippen LogP contribution in [0.3, 0.4) is 0 Å². The van der Waals surface area contributed by atoms with E-state index in [1.54, 1.807) is 10.8 Å². The Bertz CT molecular complexity index is 4750. The fourth-order valence-corrected chi connectivity index (χ4v) is 11.9. The zero-order valence-electron chi connectivity index (χ0n) is 62.3. The third kappa shape index (κ3) is 10.3. The van der Waals surface area contributed by atoms with E-state index >= 15 is 0 Å². The highest BCUT2D eigenvalue weighted by atomic mass is 16.5. The smallest absolute Gasteiger partial charge is 0.137 e. The van der Waals surface area contributed by atoms with Crippen LogP contribution in [-0.2, 0) is 32.5 Å². The van der Waals surface area contributed by atoms with Crippen molar-refractivity contribution in [2.45, 2.75) is 156 Å². The summed E-state index contributed by atoms with van der Waals surface area (Å²) in [6, 6.07) is 33.9. The third-order valence-corrected chi connectivity index (χ3v) is 17.1. The summed E-state index contributed by atoms with van der Waals surface area (Å²) in [6.07, 6.45) is 3.76. The molecular formula is C78H84N4O. The number of anilines is 4. The first-order valence-electron chi connectivity index (χ1n) is 34.8. The minimum atomic E-state index is -0.731. The SMILES string of the molecule is [2H]c1c([2H])c(-c2c([2H])c(C(C)(C)C)c([2H])c(C(C)(C)C)c2[2H])c([2H])c([2H])c1-c1cc(C(C)(C)C)cc(-c2ccc3c(c2)C(C)(C)CCC3(C)C)c1N1CN(c2cccc(Oc3ccc4c5c([2H])c([2H])c([2H])c([2H])c5n(-c5cc(C(C)(C)C)ccn5)c4c3)c2)c2ccccc21. The highest BCUT2D eigenvalue weighted by molar-refractivity contribution is 6.09. The largest absolute Gasteiger partial charge is 0.457 e. The lowest BCUT2D eigenvalue weighted by Gasteiger charge is -2.42. The van der Waals surface area contributed by atoms with Gasteiger partial charge in [0.15, 0.2) is 0 Å². The van der Waals surface area contributed by atoms with Gasteiger partial charge in [0.1, 0.15) is 24.0 Å². The molecule has 5 nitrogen and oxygen atoms in total. The van der Waals surface area contributed by atoms with E-state index in [-0.39, 0.29) is 106 Å². The maximum atomic E-state index is 10.3. The Balaban J connectivity index is 1.06. The monoisotopic (exact) mass is 1100 g/mol. The van der Waals surface area contributed by atoms with Crippen LogP contribution in [0.15, 0.2) is 182 Å². The molecule has 0 atom stereocenters. The van der Waals surface area contributed by atoms with E-state index in [2.05, 4.69) is 115 Å². The molecule has 0 radical (unpaired) electrons. The summed E-state index contributed by atoms with van der Waals surface area (Å²) in [7, 11) is 0. The predicted molar refractivity (Wildman–Crippen MR) is 354 cm³/mol. The maximum Gasteiger partial charge on any atom is 0.137 e. The van der Waals surface area contributed by atoms with Crippen LogP contribution in [0.4, 0.5) is 22.7 Å². The van der Waals surface area contributed by atoms with Gasteiger partial charge in [-0.15, -0.1) is 0 Å². The molecule has 0 N–H and O–H groups in total. The summed E-state index contributed by atoms with van der Waals surface area (Å²) in [6.45, 7) is 33.7. The van der Waals surface area contributed by atoms with Gasteiger partial charge >= 0.3 is 0 Å². The van der Waals surface area contributed by atoms with Crippen LogP contribution in [0, 0.1) is 0 Å². The molecule has 10 aromatic rings. The Morgan fingerprint density at radius 3 is 1.73 bits per heavy atom. The van der Waals surface area contributed by atoms with E-state index in [4.69, 9.17) is 13.8 Å². The molecule has 422 valence electrons. The number of hydrogen-bond donors (Lipinski definition) is 0. The van der Waals surface area contributed by atoms with Crippen molar-refractivity contribution in [3.63, 3.8) is 0 Å². The molecule has 0 fully saturated rings. The summed E-state index contributed by atoms with van der Waals surface area (Å²) < 4.78 is 114. The van der Waals surface area contributed by atoms with E-state index in [0.717, 1.165) is 52.2 Å². The van der Waals surface area contributed by atoms with Crippen LogP contribution in [0.5, 0.6) is 11.5 Å². The predicted octanol–water partition coefficient (Wildman–Crippen LogP) is 21.8. The van der Waals surface area contributed by atoms with Crippen molar-refractivity contribution >= 4 is 44.6 Å². The number of benzene rings is 8. The zero-order valence-corrected chi connectivity index (χ0v) is 51.3. The Labute approximate surface area is 510 Å². The van der Waals surface area contributed by atoms with Crippen molar-refractivity contribution in [1.29, 1.82) is 0 Å². The second-order valence-electron chi connectivity index (χ2n) is 28.4. The first kappa shape index (κ1) is 43.7. The standard InChI is InChI=1S/C78H84N4O/c1-73(2,3)54-36-39-79-71(46-54)82-67-25-18-17-24-61(67)62-34-33-60(48-70(62)82)83-59-23-21-22-58(47-59)80-49-81(69-27-20-19-26-68(69)80)72-63(51-30-28-50(29-31-51)53-40-55(74(4,5)6)43-56(41-53)75(7,8)9)44-57(76(10,11)12)45-64(72)52-32-35-65-66(42-52)78(15,16)38-37-77(65,13)14/h17-36,39-48H,37-38,49H2,1-16H3/i17D,18D,24D,25D,28D,29D,30D,31D,40D,41D,43D. The number of fused-ring (bicyclic) bond motifs is 5. The van der Waals surface area contributed by atoms with E-state index in [9.17, 15) is 11.0 Å².